The smallest absolute Gasteiger partial charge is 0.165 e. The van der Waals surface area contributed by atoms with Crippen LogP contribution in [0.15, 0.2) is 18.2 Å². The normalized spacial score (nSPS) is 24.1. The molecule has 102 valence electrons. The fourth-order valence-corrected chi connectivity index (χ4v) is 5.13. The molecule has 1 unspecified atom stereocenters. The molecule has 0 N–H and O–H groups in total. The summed E-state index contributed by atoms with van der Waals surface area (Å²) in [6, 6.07) is 6.15. The molecule has 2 nitrogen and oxygen atoms in total. The topological polar surface area (TPSA) is 18.5 Å². The van der Waals surface area contributed by atoms with E-state index in [0.717, 1.165) is 27.2 Å². The summed E-state index contributed by atoms with van der Waals surface area (Å²) in [6.07, 6.45) is 0.942. The summed E-state index contributed by atoms with van der Waals surface area (Å²) in [6.45, 7) is 4.91. The van der Waals surface area contributed by atoms with Gasteiger partial charge in [0.1, 0.15) is 15.7 Å². The van der Waals surface area contributed by atoms with E-state index in [0.29, 0.717) is 11.9 Å². The van der Waals surface area contributed by atoms with E-state index in [1.807, 2.05) is 12.1 Å². The molecule has 5 heteroatoms. The highest BCUT2D eigenvalue weighted by Gasteiger charge is 2.32. The van der Waals surface area contributed by atoms with E-state index >= 15 is 0 Å². The molecule has 1 aromatic carbocycles. The zero-order valence-corrected chi connectivity index (χ0v) is 13.4. The second kappa shape index (κ2) is 5.19. The molecule has 0 radical (unpaired) electrons. The quantitative estimate of drug-likeness (QED) is 0.785. The molecule has 0 spiro atoms. The number of rotatable bonds is 3. The summed E-state index contributed by atoms with van der Waals surface area (Å²) in [5.74, 6) is 2.84. The lowest BCUT2D eigenvalue weighted by molar-refractivity contribution is 0.132. The first kappa shape index (κ1) is 13.6. The van der Waals surface area contributed by atoms with E-state index in [1.54, 1.807) is 23.5 Å². The van der Waals surface area contributed by atoms with Gasteiger partial charge in [-0.25, -0.2) is 0 Å². The van der Waals surface area contributed by atoms with Gasteiger partial charge in [-0.2, -0.15) is 0 Å². The van der Waals surface area contributed by atoms with Gasteiger partial charge in [-0.05, 0) is 19.9 Å². The second-order valence-electron chi connectivity index (χ2n) is 5.39. The summed E-state index contributed by atoms with van der Waals surface area (Å²) in [5, 5.41) is 0.461. The van der Waals surface area contributed by atoms with Crippen molar-refractivity contribution < 1.29 is 9.47 Å². The highest BCUT2D eigenvalue weighted by atomic mass is 32.2. The van der Waals surface area contributed by atoms with Crippen molar-refractivity contribution in [2.24, 2.45) is 0 Å². The van der Waals surface area contributed by atoms with Crippen LogP contribution in [0.3, 0.4) is 0 Å². The SMILES string of the molecule is CC1(C)Cc2cccc(OCC3CSC(=S)S3)c2O1. The third-order valence-corrected chi connectivity index (χ3v) is 6.26. The summed E-state index contributed by atoms with van der Waals surface area (Å²) in [4.78, 5) is 0. The number of ether oxygens (including phenoxy) is 2. The third-order valence-electron chi connectivity index (χ3n) is 3.13. The molecular weight excluding hydrogens is 296 g/mol. The fraction of sp³-hybridized carbons (Fsp3) is 0.500. The molecule has 0 saturated carbocycles. The van der Waals surface area contributed by atoms with Gasteiger partial charge in [-0.3, -0.25) is 0 Å². The van der Waals surface area contributed by atoms with Crippen LogP contribution in [0.1, 0.15) is 19.4 Å². The van der Waals surface area contributed by atoms with Gasteiger partial charge in [0.25, 0.3) is 0 Å². The Balaban J connectivity index is 1.70. The summed E-state index contributed by atoms with van der Waals surface area (Å²) in [5.41, 5.74) is 1.12. The van der Waals surface area contributed by atoms with Crippen molar-refractivity contribution in [3.8, 4) is 11.5 Å². The van der Waals surface area contributed by atoms with Crippen molar-refractivity contribution in [2.75, 3.05) is 12.4 Å². The highest BCUT2D eigenvalue weighted by molar-refractivity contribution is 8.49. The number of hydrogen-bond acceptors (Lipinski definition) is 5. The molecule has 0 amide bonds. The Morgan fingerprint density at radius 3 is 3.05 bits per heavy atom. The van der Waals surface area contributed by atoms with Gasteiger partial charge in [0.05, 0.1) is 5.25 Å². The number of thioether (sulfide) groups is 2. The predicted octanol–water partition coefficient (Wildman–Crippen LogP) is 3.91. The minimum atomic E-state index is -0.124. The van der Waals surface area contributed by atoms with Gasteiger partial charge >= 0.3 is 0 Å². The zero-order chi connectivity index (χ0) is 13.5. The van der Waals surface area contributed by atoms with Crippen LogP contribution in [0.25, 0.3) is 0 Å². The van der Waals surface area contributed by atoms with Crippen molar-refractivity contribution in [1.82, 2.24) is 0 Å². The number of fused-ring (bicyclic) bond motifs is 1. The predicted molar refractivity (Wildman–Crippen MR) is 86.8 cm³/mol. The Bertz CT molecular complexity index is 513. The monoisotopic (exact) mass is 312 g/mol. The van der Waals surface area contributed by atoms with Crippen LogP contribution >= 0.6 is 35.7 Å². The van der Waals surface area contributed by atoms with Crippen LogP contribution < -0.4 is 9.47 Å². The van der Waals surface area contributed by atoms with E-state index < -0.39 is 0 Å². The molecule has 0 aromatic heterocycles. The van der Waals surface area contributed by atoms with E-state index in [9.17, 15) is 0 Å². The minimum absolute atomic E-state index is 0.124. The maximum atomic E-state index is 6.00. The average molecular weight is 312 g/mol. The molecule has 1 atom stereocenters. The van der Waals surface area contributed by atoms with Crippen molar-refractivity contribution >= 4 is 39.3 Å². The molecule has 1 fully saturated rings. The van der Waals surface area contributed by atoms with Crippen molar-refractivity contribution in [3.05, 3.63) is 23.8 Å². The van der Waals surface area contributed by atoms with Crippen LogP contribution in [0, 0.1) is 0 Å². The molecule has 1 aromatic rings. The molecule has 19 heavy (non-hydrogen) atoms. The fourth-order valence-electron chi connectivity index (χ4n) is 2.33. The lowest BCUT2D eigenvalue weighted by atomic mass is 10.0. The third kappa shape index (κ3) is 3.03. The first-order valence-electron chi connectivity index (χ1n) is 6.31. The molecule has 2 aliphatic rings. The summed E-state index contributed by atoms with van der Waals surface area (Å²) >= 11 is 8.68. The largest absolute Gasteiger partial charge is 0.488 e. The molecular formula is C14H16O2S3. The first-order chi connectivity index (χ1) is 9.03. The van der Waals surface area contributed by atoms with Crippen molar-refractivity contribution in [1.29, 1.82) is 0 Å². The van der Waals surface area contributed by atoms with Crippen molar-refractivity contribution in [3.63, 3.8) is 0 Å². The highest BCUT2D eigenvalue weighted by Crippen LogP contribution is 2.42. The van der Waals surface area contributed by atoms with Crippen LogP contribution in [-0.4, -0.2) is 26.7 Å². The van der Waals surface area contributed by atoms with Crippen LogP contribution in [0.5, 0.6) is 11.5 Å². The second-order valence-corrected chi connectivity index (χ2v) is 8.92. The van der Waals surface area contributed by atoms with E-state index in [-0.39, 0.29) is 5.60 Å². The average Bonchev–Trinajstić information content (AvgIpc) is 2.88. The minimum Gasteiger partial charge on any atom is -0.488 e. The zero-order valence-electron chi connectivity index (χ0n) is 11.0. The van der Waals surface area contributed by atoms with Crippen LogP contribution in [-0.2, 0) is 6.42 Å². The number of thiocarbonyl (C=S) groups is 1. The van der Waals surface area contributed by atoms with Crippen LogP contribution in [0.4, 0.5) is 0 Å². The summed E-state index contributed by atoms with van der Waals surface area (Å²) < 4.78 is 13.0. The Kier molecular flexibility index (Phi) is 3.71. The molecule has 0 bridgehead atoms. The van der Waals surface area contributed by atoms with Gasteiger partial charge < -0.3 is 9.47 Å². The molecule has 2 heterocycles. The van der Waals surface area contributed by atoms with E-state index in [4.69, 9.17) is 21.7 Å². The maximum Gasteiger partial charge on any atom is 0.165 e. The van der Waals surface area contributed by atoms with E-state index in [2.05, 4.69) is 19.9 Å². The van der Waals surface area contributed by atoms with Gasteiger partial charge in [0.2, 0.25) is 0 Å². The van der Waals surface area contributed by atoms with Gasteiger partial charge in [0.15, 0.2) is 11.5 Å². The lowest BCUT2D eigenvalue weighted by Crippen LogP contribution is -2.24. The van der Waals surface area contributed by atoms with Gasteiger partial charge in [-0.15, -0.1) is 11.8 Å². The van der Waals surface area contributed by atoms with Crippen LogP contribution in [0.2, 0.25) is 0 Å². The van der Waals surface area contributed by atoms with Gasteiger partial charge in [-0.1, -0.05) is 36.1 Å². The Morgan fingerprint density at radius 2 is 2.32 bits per heavy atom. The Hall–Kier alpha value is -0.390. The molecule has 1 saturated heterocycles. The van der Waals surface area contributed by atoms with Crippen molar-refractivity contribution in [2.45, 2.75) is 31.1 Å². The summed E-state index contributed by atoms with van der Waals surface area (Å²) in [7, 11) is 0. The standard InChI is InChI=1S/C14H16O2S3/c1-14(2)6-9-4-3-5-11(12(9)16-14)15-7-10-8-18-13(17)19-10/h3-5,10H,6-8H2,1-2H3. The number of hydrogen-bond donors (Lipinski definition) is 0. The lowest BCUT2D eigenvalue weighted by Gasteiger charge is -2.18. The maximum absolute atomic E-state index is 6.00. The number of para-hydroxylation sites is 1. The number of benzene rings is 1. The van der Waals surface area contributed by atoms with E-state index in [1.165, 1.54) is 5.56 Å². The molecule has 3 rings (SSSR count). The Labute approximate surface area is 127 Å². The molecule has 0 aliphatic carbocycles. The molecule has 2 aliphatic heterocycles. The first-order valence-corrected chi connectivity index (χ1v) is 8.58. The van der Waals surface area contributed by atoms with Gasteiger partial charge in [0, 0.05) is 17.7 Å². The Morgan fingerprint density at radius 1 is 1.47 bits per heavy atom.